The van der Waals surface area contributed by atoms with Crippen molar-refractivity contribution >= 4 is 23.2 Å². The molecular formula is C40H36F3N3O2. The fourth-order valence-corrected chi connectivity index (χ4v) is 6.41. The van der Waals surface area contributed by atoms with E-state index in [0.717, 1.165) is 54.9 Å². The monoisotopic (exact) mass is 647 g/mol. The maximum Gasteiger partial charge on any atom is 0.416 e. The predicted octanol–water partition coefficient (Wildman–Crippen LogP) is 8.94. The van der Waals surface area contributed by atoms with Gasteiger partial charge in [-0.15, -0.1) is 0 Å². The van der Waals surface area contributed by atoms with Gasteiger partial charge < -0.3 is 15.5 Å². The number of carbonyl (C=O) groups excluding carboxylic acids is 2. The van der Waals surface area contributed by atoms with Gasteiger partial charge in [-0.25, -0.2) is 0 Å². The molecule has 0 radical (unpaired) electrons. The highest BCUT2D eigenvalue weighted by Crippen LogP contribution is 2.35. The summed E-state index contributed by atoms with van der Waals surface area (Å²) in [4.78, 5) is 29.1. The van der Waals surface area contributed by atoms with Gasteiger partial charge in [0.15, 0.2) is 0 Å². The van der Waals surface area contributed by atoms with Crippen LogP contribution < -0.4 is 15.5 Å². The summed E-state index contributed by atoms with van der Waals surface area (Å²) >= 11 is 0. The zero-order valence-corrected chi connectivity index (χ0v) is 26.3. The molecule has 0 spiro atoms. The number of benzene rings is 5. The number of amides is 2. The lowest BCUT2D eigenvalue weighted by molar-refractivity contribution is -0.137. The number of hydrogen-bond acceptors (Lipinski definition) is 3. The number of nitrogens with one attached hydrogen (secondary N) is 2. The molecule has 5 nitrogen and oxygen atoms in total. The van der Waals surface area contributed by atoms with Crippen molar-refractivity contribution in [2.75, 3.05) is 23.3 Å². The number of anilines is 2. The number of halogens is 3. The van der Waals surface area contributed by atoms with Crippen LogP contribution in [0.2, 0.25) is 0 Å². The van der Waals surface area contributed by atoms with Gasteiger partial charge in [-0.1, -0.05) is 91.0 Å². The second kappa shape index (κ2) is 14.6. The molecule has 5 aromatic rings. The molecule has 2 amide bonds. The normalized spacial score (nSPS) is 14.3. The first kappa shape index (κ1) is 32.6. The Bertz CT molecular complexity index is 1820. The van der Waals surface area contributed by atoms with Gasteiger partial charge in [-0.05, 0) is 83.5 Å². The molecule has 2 N–H and O–H groups in total. The minimum Gasteiger partial charge on any atom is -0.372 e. The van der Waals surface area contributed by atoms with Crippen molar-refractivity contribution < 1.29 is 22.8 Å². The SMILES string of the molecule is O=C(Nc1ccc(N2CCC(C(C(=O)NCc3ccccc3)c3ccccc3)CC2)cc1)c1ccccc1-c1ccc(C(F)(F)F)cc1. The lowest BCUT2D eigenvalue weighted by atomic mass is 9.79. The molecular weight excluding hydrogens is 611 g/mol. The van der Waals surface area contributed by atoms with Crippen LogP contribution in [0.5, 0.6) is 0 Å². The van der Waals surface area contributed by atoms with E-state index < -0.39 is 11.7 Å². The highest BCUT2D eigenvalue weighted by Gasteiger charge is 2.33. The molecule has 0 bridgehead atoms. The quantitative estimate of drug-likeness (QED) is 0.168. The second-order valence-corrected chi connectivity index (χ2v) is 12.0. The summed E-state index contributed by atoms with van der Waals surface area (Å²) in [6.07, 6.45) is -2.71. The third-order valence-electron chi connectivity index (χ3n) is 8.95. The van der Waals surface area contributed by atoms with Crippen molar-refractivity contribution in [1.82, 2.24) is 5.32 Å². The van der Waals surface area contributed by atoms with Crippen LogP contribution >= 0.6 is 0 Å². The van der Waals surface area contributed by atoms with Gasteiger partial charge in [0.2, 0.25) is 5.91 Å². The number of rotatable bonds is 9. The molecule has 1 aliphatic heterocycles. The molecule has 0 saturated carbocycles. The molecule has 1 fully saturated rings. The van der Waals surface area contributed by atoms with Crippen molar-refractivity contribution in [2.24, 2.45) is 5.92 Å². The average molecular weight is 648 g/mol. The van der Waals surface area contributed by atoms with Gasteiger partial charge in [0.25, 0.3) is 5.91 Å². The minimum atomic E-state index is -4.43. The van der Waals surface area contributed by atoms with Gasteiger partial charge in [0.05, 0.1) is 11.5 Å². The number of hydrogen-bond donors (Lipinski definition) is 2. The molecule has 1 saturated heterocycles. The largest absolute Gasteiger partial charge is 0.416 e. The van der Waals surface area contributed by atoms with Crippen LogP contribution in [-0.2, 0) is 17.5 Å². The van der Waals surface area contributed by atoms with Crippen molar-refractivity contribution in [1.29, 1.82) is 0 Å². The first-order chi connectivity index (χ1) is 23.3. The molecule has 1 heterocycles. The molecule has 5 aromatic carbocycles. The Morgan fingerprint density at radius 2 is 1.33 bits per heavy atom. The maximum atomic E-state index is 13.5. The zero-order chi connectivity index (χ0) is 33.5. The first-order valence-corrected chi connectivity index (χ1v) is 16.1. The van der Waals surface area contributed by atoms with Crippen molar-refractivity contribution in [3.63, 3.8) is 0 Å². The van der Waals surface area contributed by atoms with E-state index in [1.54, 1.807) is 24.3 Å². The zero-order valence-electron chi connectivity index (χ0n) is 26.3. The summed E-state index contributed by atoms with van der Waals surface area (Å²) in [6, 6.07) is 39.2. The number of nitrogens with zero attached hydrogens (tertiary/aromatic N) is 1. The topological polar surface area (TPSA) is 61.4 Å². The maximum absolute atomic E-state index is 13.5. The summed E-state index contributed by atoms with van der Waals surface area (Å²) in [5.41, 5.74) is 4.43. The number of piperidine rings is 1. The Labute approximate surface area is 278 Å². The molecule has 0 aromatic heterocycles. The summed E-state index contributed by atoms with van der Waals surface area (Å²) < 4.78 is 39.2. The van der Waals surface area contributed by atoms with E-state index in [4.69, 9.17) is 0 Å². The molecule has 0 aliphatic carbocycles. The highest BCUT2D eigenvalue weighted by molar-refractivity contribution is 6.08. The van der Waals surface area contributed by atoms with Gasteiger partial charge in [0, 0.05) is 36.6 Å². The summed E-state index contributed by atoms with van der Waals surface area (Å²) in [5, 5.41) is 6.09. The van der Waals surface area contributed by atoms with E-state index >= 15 is 0 Å². The lowest BCUT2D eigenvalue weighted by Crippen LogP contribution is -2.40. The fourth-order valence-electron chi connectivity index (χ4n) is 6.41. The van der Waals surface area contributed by atoms with Crippen molar-refractivity contribution in [2.45, 2.75) is 31.5 Å². The van der Waals surface area contributed by atoms with Crippen LogP contribution in [0.4, 0.5) is 24.5 Å². The molecule has 8 heteroatoms. The van der Waals surface area contributed by atoms with E-state index in [1.165, 1.54) is 12.1 Å². The third kappa shape index (κ3) is 7.77. The van der Waals surface area contributed by atoms with E-state index in [9.17, 15) is 22.8 Å². The minimum absolute atomic E-state index is 0.0449. The van der Waals surface area contributed by atoms with E-state index in [2.05, 4.69) is 15.5 Å². The van der Waals surface area contributed by atoms with Crippen molar-refractivity contribution in [3.8, 4) is 11.1 Å². The highest BCUT2D eigenvalue weighted by atomic mass is 19.4. The van der Waals surface area contributed by atoms with Crippen LogP contribution in [0.25, 0.3) is 11.1 Å². The van der Waals surface area contributed by atoms with Gasteiger partial charge >= 0.3 is 6.18 Å². The molecule has 1 unspecified atom stereocenters. The standard InChI is InChI=1S/C40H36F3N3O2/c41-40(42,43)32-17-15-29(16-18-32)35-13-7-8-14-36(35)38(47)45-33-19-21-34(22-20-33)46-25-23-31(24-26-46)37(30-11-5-2-6-12-30)39(48)44-27-28-9-3-1-4-10-28/h1-22,31,37H,23-27H2,(H,44,48)(H,45,47). The molecule has 6 rings (SSSR count). The molecule has 244 valence electrons. The summed E-state index contributed by atoms with van der Waals surface area (Å²) in [7, 11) is 0. The van der Waals surface area contributed by atoms with Crippen LogP contribution in [0.1, 0.15) is 45.8 Å². The lowest BCUT2D eigenvalue weighted by Gasteiger charge is -2.37. The smallest absolute Gasteiger partial charge is 0.372 e. The van der Waals surface area contributed by atoms with Gasteiger partial charge in [-0.3, -0.25) is 9.59 Å². The Kier molecular flexibility index (Phi) is 9.90. The number of alkyl halides is 3. The predicted molar refractivity (Wildman–Crippen MR) is 184 cm³/mol. The van der Waals surface area contributed by atoms with E-state index in [-0.39, 0.29) is 23.7 Å². The van der Waals surface area contributed by atoms with Crippen LogP contribution in [0, 0.1) is 5.92 Å². The Morgan fingerprint density at radius 3 is 1.98 bits per heavy atom. The first-order valence-electron chi connectivity index (χ1n) is 16.1. The summed E-state index contributed by atoms with van der Waals surface area (Å²) in [6.45, 7) is 2.09. The molecule has 1 aliphatic rings. The molecule has 48 heavy (non-hydrogen) atoms. The van der Waals surface area contributed by atoms with E-state index in [1.807, 2.05) is 84.9 Å². The number of carbonyl (C=O) groups is 2. The summed E-state index contributed by atoms with van der Waals surface area (Å²) in [5.74, 6) is -0.345. The van der Waals surface area contributed by atoms with Crippen LogP contribution in [0.3, 0.4) is 0 Å². The van der Waals surface area contributed by atoms with Crippen molar-refractivity contribution in [3.05, 3.63) is 156 Å². The van der Waals surface area contributed by atoms with Gasteiger partial charge in [0.1, 0.15) is 0 Å². The van der Waals surface area contributed by atoms with Gasteiger partial charge in [-0.2, -0.15) is 13.2 Å². The molecule has 1 atom stereocenters. The Balaban J connectivity index is 1.08. The third-order valence-corrected chi connectivity index (χ3v) is 8.95. The second-order valence-electron chi connectivity index (χ2n) is 12.0. The average Bonchev–Trinajstić information content (AvgIpc) is 3.12. The van der Waals surface area contributed by atoms with Crippen LogP contribution in [0.15, 0.2) is 133 Å². The Hall–Kier alpha value is -5.37. The van der Waals surface area contributed by atoms with Crippen LogP contribution in [-0.4, -0.2) is 24.9 Å². The Morgan fingerprint density at radius 1 is 0.729 bits per heavy atom. The fraction of sp³-hybridized carbons (Fsp3) is 0.200. The van der Waals surface area contributed by atoms with E-state index in [0.29, 0.717) is 28.9 Å².